The van der Waals surface area contributed by atoms with Gasteiger partial charge in [0.2, 0.25) is 5.95 Å². The number of unbranched alkanes of at least 4 members (excludes halogenated alkanes) is 1. The Kier molecular flexibility index (Phi) is 7.31. The fourth-order valence-corrected chi connectivity index (χ4v) is 3.07. The fraction of sp³-hybridized carbons (Fsp3) is 0.412. The highest BCUT2D eigenvalue weighted by molar-refractivity contribution is 9.13. The van der Waals surface area contributed by atoms with Gasteiger partial charge >= 0.3 is 0 Å². The summed E-state index contributed by atoms with van der Waals surface area (Å²) in [5, 5.41) is 4.36. The third kappa shape index (κ3) is 4.98. The normalized spacial score (nSPS) is 11.2. The molecule has 0 amide bonds. The van der Waals surface area contributed by atoms with Crippen LogP contribution in [0.5, 0.6) is 11.5 Å². The van der Waals surface area contributed by atoms with E-state index in [0.717, 1.165) is 33.0 Å². The monoisotopic (exact) mass is 472 g/mol. The number of imidazole rings is 1. The number of halogens is 2. The first-order valence-electron chi connectivity index (χ1n) is 8.11. The van der Waals surface area contributed by atoms with Crippen LogP contribution >= 0.6 is 31.9 Å². The summed E-state index contributed by atoms with van der Waals surface area (Å²) in [6.07, 6.45) is 5.52. The first kappa shape index (κ1) is 19.8. The van der Waals surface area contributed by atoms with Gasteiger partial charge in [-0.2, -0.15) is 5.10 Å². The summed E-state index contributed by atoms with van der Waals surface area (Å²) < 4.78 is 14.8. The molecule has 136 valence electrons. The highest BCUT2D eigenvalue weighted by Crippen LogP contribution is 2.42. The van der Waals surface area contributed by atoms with E-state index in [2.05, 4.69) is 48.9 Å². The number of hydrogen-bond donors (Lipinski definition) is 1. The van der Waals surface area contributed by atoms with Gasteiger partial charge in [-0.15, -0.1) is 0 Å². The molecular formula is C17H22Br2N4O2. The van der Waals surface area contributed by atoms with Crippen molar-refractivity contribution in [1.29, 1.82) is 0 Å². The summed E-state index contributed by atoms with van der Waals surface area (Å²) in [5.74, 6) is 1.70. The van der Waals surface area contributed by atoms with E-state index < -0.39 is 0 Å². The van der Waals surface area contributed by atoms with E-state index >= 15 is 0 Å². The lowest BCUT2D eigenvalue weighted by Gasteiger charge is -2.16. The SMILES string of the molecule is CCCCOc1c(OCC)cc(C=Nn2cc(C)nc2N)c(Br)c1Br. The third-order valence-electron chi connectivity index (χ3n) is 3.36. The van der Waals surface area contributed by atoms with Gasteiger partial charge in [0, 0.05) is 10.0 Å². The second-order valence-electron chi connectivity index (χ2n) is 5.39. The summed E-state index contributed by atoms with van der Waals surface area (Å²) in [4.78, 5) is 4.13. The van der Waals surface area contributed by atoms with Crippen LogP contribution in [-0.2, 0) is 0 Å². The molecule has 2 N–H and O–H groups in total. The number of benzene rings is 1. The molecule has 0 fully saturated rings. The molecule has 0 radical (unpaired) electrons. The maximum atomic E-state index is 5.90. The van der Waals surface area contributed by atoms with Crippen LogP contribution in [0.25, 0.3) is 0 Å². The van der Waals surface area contributed by atoms with Gasteiger partial charge in [0.05, 0.1) is 35.8 Å². The second kappa shape index (κ2) is 9.24. The average Bonchev–Trinajstić information content (AvgIpc) is 2.90. The lowest BCUT2D eigenvalue weighted by Crippen LogP contribution is -2.03. The Balaban J connectivity index is 2.36. The number of nitrogen functional groups attached to an aromatic ring is 1. The van der Waals surface area contributed by atoms with Crippen LogP contribution in [0.4, 0.5) is 5.95 Å². The van der Waals surface area contributed by atoms with E-state index in [0.29, 0.717) is 30.7 Å². The van der Waals surface area contributed by atoms with Gasteiger partial charge in [0.15, 0.2) is 11.5 Å². The van der Waals surface area contributed by atoms with Crippen molar-refractivity contribution in [2.45, 2.75) is 33.6 Å². The minimum absolute atomic E-state index is 0.341. The van der Waals surface area contributed by atoms with Crippen molar-refractivity contribution in [3.63, 3.8) is 0 Å². The Hall–Kier alpha value is -1.54. The Morgan fingerprint density at radius 2 is 2.04 bits per heavy atom. The Morgan fingerprint density at radius 3 is 2.64 bits per heavy atom. The van der Waals surface area contributed by atoms with E-state index in [-0.39, 0.29) is 0 Å². The van der Waals surface area contributed by atoms with Crippen LogP contribution < -0.4 is 15.2 Å². The molecular weight excluding hydrogens is 452 g/mol. The van der Waals surface area contributed by atoms with Crippen LogP contribution in [0.2, 0.25) is 0 Å². The summed E-state index contributed by atoms with van der Waals surface area (Å²) in [6.45, 7) is 7.11. The largest absolute Gasteiger partial charge is 0.490 e. The minimum atomic E-state index is 0.341. The number of rotatable bonds is 8. The molecule has 2 rings (SSSR count). The first-order chi connectivity index (χ1) is 12.0. The molecule has 0 bridgehead atoms. The molecule has 0 aliphatic heterocycles. The highest BCUT2D eigenvalue weighted by Gasteiger charge is 2.17. The molecule has 0 aliphatic rings. The molecule has 1 aromatic carbocycles. The summed E-state index contributed by atoms with van der Waals surface area (Å²) in [7, 11) is 0. The zero-order chi connectivity index (χ0) is 18.4. The van der Waals surface area contributed by atoms with Gasteiger partial charge in [-0.1, -0.05) is 13.3 Å². The smallest absolute Gasteiger partial charge is 0.221 e. The van der Waals surface area contributed by atoms with E-state index in [1.54, 1.807) is 12.4 Å². The lowest BCUT2D eigenvalue weighted by molar-refractivity contribution is 0.271. The lowest BCUT2D eigenvalue weighted by atomic mass is 10.2. The predicted octanol–water partition coefficient (Wildman–Crippen LogP) is 4.76. The van der Waals surface area contributed by atoms with Crippen molar-refractivity contribution in [3.05, 3.63) is 32.5 Å². The van der Waals surface area contributed by atoms with Crippen molar-refractivity contribution >= 4 is 44.0 Å². The number of aromatic nitrogens is 2. The van der Waals surface area contributed by atoms with Crippen molar-refractivity contribution in [2.24, 2.45) is 5.10 Å². The van der Waals surface area contributed by atoms with Crippen LogP contribution in [0, 0.1) is 6.92 Å². The van der Waals surface area contributed by atoms with Crippen LogP contribution in [0.3, 0.4) is 0 Å². The van der Waals surface area contributed by atoms with E-state index in [1.165, 1.54) is 4.68 Å². The number of ether oxygens (including phenoxy) is 2. The Morgan fingerprint density at radius 1 is 1.28 bits per heavy atom. The van der Waals surface area contributed by atoms with Gasteiger partial charge in [-0.05, 0) is 58.2 Å². The number of aryl methyl sites for hydroxylation is 1. The van der Waals surface area contributed by atoms with Crippen LogP contribution in [0.15, 0.2) is 26.3 Å². The zero-order valence-electron chi connectivity index (χ0n) is 14.6. The number of nitrogens with zero attached hydrogens (tertiary/aromatic N) is 3. The standard InChI is InChI=1S/C17H22Br2N4O2/c1-4-6-7-25-16-13(24-5-2)8-12(14(18)15(16)19)9-21-23-10-11(3)22-17(23)20/h8-10H,4-7H2,1-3H3,(H2,20,22). The molecule has 0 spiro atoms. The van der Waals surface area contributed by atoms with Crippen molar-refractivity contribution in [2.75, 3.05) is 18.9 Å². The van der Waals surface area contributed by atoms with Crippen molar-refractivity contribution in [3.8, 4) is 11.5 Å². The average molecular weight is 474 g/mol. The van der Waals surface area contributed by atoms with Gasteiger partial charge in [0.25, 0.3) is 0 Å². The van der Waals surface area contributed by atoms with Gasteiger partial charge in [0.1, 0.15) is 0 Å². The maximum Gasteiger partial charge on any atom is 0.221 e. The third-order valence-corrected chi connectivity index (χ3v) is 5.50. The summed E-state index contributed by atoms with van der Waals surface area (Å²) in [5.41, 5.74) is 7.46. The quantitative estimate of drug-likeness (QED) is 0.443. The maximum absolute atomic E-state index is 5.90. The molecule has 0 saturated heterocycles. The fourth-order valence-electron chi connectivity index (χ4n) is 2.14. The van der Waals surface area contributed by atoms with Crippen molar-refractivity contribution < 1.29 is 9.47 Å². The highest BCUT2D eigenvalue weighted by atomic mass is 79.9. The summed E-state index contributed by atoms with van der Waals surface area (Å²) in [6, 6.07) is 1.89. The van der Waals surface area contributed by atoms with Gasteiger partial charge in [-0.3, -0.25) is 0 Å². The number of nitrogens with two attached hydrogens (primary N) is 1. The number of anilines is 1. The van der Waals surface area contributed by atoms with Gasteiger partial charge < -0.3 is 15.2 Å². The van der Waals surface area contributed by atoms with E-state index in [4.69, 9.17) is 15.2 Å². The van der Waals surface area contributed by atoms with Crippen LogP contribution in [-0.4, -0.2) is 29.1 Å². The molecule has 1 aromatic heterocycles. The second-order valence-corrected chi connectivity index (χ2v) is 6.97. The molecule has 1 heterocycles. The molecule has 25 heavy (non-hydrogen) atoms. The van der Waals surface area contributed by atoms with E-state index in [9.17, 15) is 0 Å². The number of hydrogen-bond acceptors (Lipinski definition) is 5. The van der Waals surface area contributed by atoms with Crippen LogP contribution in [0.1, 0.15) is 37.9 Å². The molecule has 8 heteroatoms. The molecule has 0 saturated carbocycles. The molecule has 0 atom stereocenters. The van der Waals surface area contributed by atoms with Gasteiger partial charge in [-0.25, -0.2) is 9.66 Å². The molecule has 0 aliphatic carbocycles. The molecule has 0 unspecified atom stereocenters. The molecule has 2 aromatic rings. The zero-order valence-corrected chi connectivity index (χ0v) is 17.7. The predicted molar refractivity (Wildman–Crippen MR) is 108 cm³/mol. The molecule has 6 nitrogen and oxygen atoms in total. The Bertz CT molecular complexity index is 760. The minimum Gasteiger partial charge on any atom is -0.490 e. The first-order valence-corrected chi connectivity index (χ1v) is 9.69. The van der Waals surface area contributed by atoms with E-state index in [1.807, 2.05) is 19.9 Å². The topological polar surface area (TPSA) is 74.7 Å². The van der Waals surface area contributed by atoms with Crippen molar-refractivity contribution in [1.82, 2.24) is 9.66 Å². The Labute approximate surface area is 164 Å². The summed E-state index contributed by atoms with van der Waals surface area (Å²) >= 11 is 7.18.